The van der Waals surface area contributed by atoms with Crippen LogP contribution in [-0.4, -0.2) is 36.4 Å². The van der Waals surface area contributed by atoms with E-state index in [1.54, 1.807) is 29.5 Å². The molecule has 2 amide bonds. The maximum absolute atomic E-state index is 12.3. The average Bonchev–Trinajstić information content (AvgIpc) is 3.10. The summed E-state index contributed by atoms with van der Waals surface area (Å²) in [6.45, 7) is 2.58. The molecule has 1 N–H and O–H groups in total. The maximum atomic E-state index is 12.3. The molecule has 0 radical (unpaired) electrons. The van der Waals surface area contributed by atoms with Gasteiger partial charge in [-0.1, -0.05) is 17.7 Å². The lowest BCUT2D eigenvalue weighted by molar-refractivity contribution is -0.137. The standard InChI is InChI=1S/C17H18BrClN2O3S/c1-2-21(10-16(22)20-9-13-4-3-7-25-13)17(23)11-24-15-6-5-12(19)8-14(15)18/h3-8H,2,9-11H2,1H3,(H,20,22). The van der Waals surface area contributed by atoms with Crippen LogP contribution in [0.4, 0.5) is 0 Å². The van der Waals surface area contributed by atoms with Crippen LogP contribution in [0.1, 0.15) is 11.8 Å². The number of nitrogens with zero attached hydrogens (tertiary/aromatic N) is 1. The fourth-order valence-electron chi connectivity index (χ4n) is 2.03. The van der Waals surface area contributed by atoms with E-state index in [-0.39, 0.29) is 25.0 Å². The van der Waals surface area contributed by atoms with Crippen LogP contribution >= 0.6 is 38.9 Å². The van der Waals surface area contributed by atoms with E-state index in [4.69, 9.17) is 16.3 Å². The van der Waals surface area contributed by atoms with Gasteiger partial charge < -0.3 is 15.0 Å². The van der Waals surface area contributed by atoms with Gasteiger partial charge in [-0.15, -0.1) is 11.3 Å². The minimum absolute atomic E-state index is 0.00581. The van der Waals surface area contributed by atoms with Crippen LogP contribution in [0, 0.1) is 0 Å². The van der Waals surface area contributed by atoms with E-state index in [0.717, 1.165) is 4.88 Å². The minimum atomic E-state index is -0.254. The highest BCUT2D eigenvalue weighted by molar-refractivity contribution is 9.10. The Morgan fingerprint density at radius 1 is 1.36 bits per heavy atom. The third kappa shape index (κ3) is 6.34. The normalized spacial score (nSPS) is 10.4. The van der Waals surface area contributed by atoms with Crippen molar-refractivity contribution >= 4 is 50.7 Å². The summed E-state index contributed by atoms with van der Waals surface area (Å²) in [5.41, 5.74) is 0. The van der Waals surface area contributed by atoms with E-state index in [2.05, 4.69) is 21.2 Å². The third-order valence-corrected chi connectivity index (χ3v) is 5.09. The van der Waals surface area contributed by atoms with E-state index >= 15 is 0 Å². The van der Waals surface area contributed by atoms with Gasteiger partial charge in [0.2, 0.25) is 5.91 Å². The quantitative estimate of drug-likeness (QED) is 0.674. The van der Waals surface area contributed by atoms with Gasteiger partial charge in [-0.25, -0.2) is 0 Å². The first-order valence-corrected chi connectivity index (χ1v) is 9.69. The molecule has 1 aromatic heterocycles. The summed E-state index contributed by atoms with van der Waals surface area (Å²) in [7, 11) is 0. The van der Waals surface area contributed by atoms with Gasteiger partial charge >= 0.3 is 0 Å². The summed E-state index contributed by atoms with van der Waals surface area (Å²) in [5, 5.41) is 5.33. The van der Waals surface area contributed by atoms with Crippen LogP contribution < -0.4 is 10.1 Å². The zero-order chi connectivity index (χ0) is 18.2. The van der Waals surface area contributed by atoms with Gasteiger partial charge in [-0.3, -0.25) is 9.59 Å². The number of rotatable bonds is 8. The smallest absolute Gasteiger partial charge is 0.260 e. The van der Waals surface area contributed by atoms with Crippen LogP contribution in [0.15, 0.2) is 40.2 Å². The largest absolute Gasteiger partial charge is 0.483 e. The Morgan fingerprint density at radius 2 is 2.16 bits per heavy atom. The van der Waals surface area contributed by atoms with Crippen molar-refractivity contribution in [2.45, 2.75) is 13.5 Å². The molecule has 0 saturated carbocycles. The lowest BCUT2D eigenvalue weighted by atomic mass is 10.3. The van der Waals surface area contributed by atoms with Gasteiger partial charge in [0.25, 0.3) is 5.91 Å². The summed E-state index contributed by atoms with van der Waals surface area (Å²) in [5.74, 6) is 0.0721. The number of amides is 2. The zero-order valence-corrected chi connectivity index (χ0v) is 16.8. The Balaban J connectivity index is 1.82. The number of hydrogen-bond acceptors (Lipinski definition) is 4. The topological polar surface area (TPSA) is 58.6 Å². The van der Waals surface area contributed by atoms with Gasteiger partial charge in [0.1, 0.15) is 5.75 Å². The predicted molar refractivity (Wildman–Crippen MR) is 103 cm³/mol. The zero-order valence-electron chi connectivity index (χ0n) is 13.6. The van der Waals surface area contributed by atoms with E-state index in [1.165, 1.54) is 4.90 Å². The van der Waals surface area contributed by atoms with Crippen molar-refractivity contribution in [2.75, 3.05) is 19.7 Å². The molecule has 5 nitrogen and oxygen atoms in total. The maximum Gasteiger partial charge on any atom is 0.260 e. The Bertz CT molecular complexity index is 725. The van der Waals surface area contributed by atoms with Gasteiger partial charge in [0, 0.05) is 16.4 Å². The Labute approximate surface area is 164 Å². The highest BCUT2D eigenvalue weighted by Gasteiger charge is 2.16. The molecule has 0 fully saturated rings. The van der Waals surface area contributed by atoms with Crippen LogP contribution in [-0.2, 0) is 16.1 Å². The predicted octanol–water partition coefficient (Wildman–Crippen LogP) is 3.71. The highest BCUT2D eigenvalue weighted by Crippen LogP contribution is 2.27. The van der Waals surface area contributed by atoms with Crippen molar-refractivity contribution < 1.29 is 14.3 Å². The summed E-state index contributed by atoms with van der Waals surface area (Å²) in [4.78, 5) is 26.8. The van der Waals surface area contributed by atoms with Crippen molar-refractivity contribution in [1.29, 1.82) is 0 Å². The number of nitrogens with one attached hydrogen (secondary N) is 1. The Hall–Kier alpha value is -1.57. The van der Waals surface area contributed by atoms with Gasteiger partial charge in [0.05, 0.1) is 17.6 Å². The fraction of sp³-hybridized carbons (Fsp3) is 0.294. The summed E-state index contributed by atoms with van der Waals surface area (Å²) in [6, 6.07) is 8.94. The number of carbonyl (C=O) groups excluding carboxylic acids is 2. The van der Waals surface area contributed by atoms with Crippen molar-refractivity contribution in [3.8, 4) is 5.75 Å². The number of thiophene rings is 1. The second-order valence-electron chi connectivity index (χ2n) is 5.13. The van der Waals surface area contributed by atoms with E-state index < -0.39 is 0 Å². The van der Waals surface area contributed by atoms with Crippen molar-refractivity contribution in [3.63, 3.8) is 0 Å². The molecule has 2 rings (SSSR count). The van der Waals surface area contributed by atoms with E-state index in [0.29, 0.717) is 28.3 Å². The summed E-state index contributed by atoms with van der Waals surface area (Å²) >= 11 is 10.8. The van der Waals surface area contributed by atoms with Gasteiger partial charge in [0.15, 0.2) is 6.61 Å². The van der Waals surface area contributed by atoms with Crippen molar-refractivity contribution in [1.82, 2.24) is 10.2 Å². The molecular weight excluding hydrogens is 428 g/mol. The average molecular weight is 446 g/mol. The number of hydrogen-bond donors (Lipinski definition) is 1. The minimum Gasteiger partial charge on any atom is -0.483 e. The Kier molecular flexibility index (Phi) is 7.74. The number of likely N-dealkylation sites (N-methyl/N-ethyl adjacent to an activating group) is 1. The van der Waals surface area contributed by atoms with Crippen LogP contribution in [0.2, 0.25) is 5.02 Å². The summed E-state index contributed by atoms with van der Waals surface area (Å²) < 4.78 is 6.18. The molecule has 1 heterocycles. The molecule has 0 aliphatic heterocycles. The number of ether oxygens (including phenoxy) is 1. The molecule has 0 unspecified atom stereocenters. The molecule has 25 heavy (non-hydrogen) atoms. The molecule has 0 bridgehead atoms. The lowest BCUT2D eigenvalue weighted by Gasteiger charge is -2.20. The Morgan fingerprint density at radius 3 is 2.80 bits per heavy atom. The number of halogens is 2. The second-order valence-corrected chi connectivity index (χ2v) is 7.45. The molecule has 0 spiro atoms. The molecule has 134 valence electrons. The molecule has 0 aliphatic carbocycles. The first kappa shape index (κ1) is 19.8. The first-order valence-electron chi connectivity index (χ1n) is 7.64. The highest BCUT2D eigenvalue weighted by atomic mass is 79.9. The van der Waals surface area contributed by atoms with E-state index in [1.807, 2.05) is 24.4 Å². The van der Waals surface area contributed by atoms with Crippen LogP contribution in [0.5, 0.6) is 5.75 Å². The molecule has 0 atom stereocenters. The monoisotopic (exact) mass is 444 g/mol. The van der Waals surface area contributed by atoms with Crippen LogP contribution in [0.3, 0.4) is 0 Å². The molecule has 0 aliphatic rings. The molecular formula is C17H18BrClN2O3S. The van der Waals surface area contributed by atoms with Gasteiger partial charge in [-0.05, 0) is 52.5 Å². The molecule has 0 saturated heterocycles. The van der Waals surface area contributed by atoms with Crippen molar-refractivity contribution in [3.05, 3.63) is 50.1 Å². The number of carbonyl (C=O) groups is 2. The van der Waals surface area contributed by atoms with E-state index in [9.17, 15) is 9.59 Å². The van der Waals surface area contributed by atoms with Crippen molar-refractivity contribution in [2.24, 2.45) is 0 Å². The fourth-order valence-corrected chi connectivity index (χ4v) is 3.47. The van der Waals surface area contributed by atoms with Gasteiger partial charge in [-0.2, -0.15) is 0 Å². The summed E-state index contributed by atoms with van der Waals surface area (Å²) in [6.07, 6.45) is 0. The number of benzene rings is 1. The lowest BCUT2D eigenvalue weighted by Crippen LogP contribution is -2.42. The van der Waals surface area contributed by atoms with Crippen LogP contribution in [0.25, 0.3) is 0 Å². The molecule has 1 aromatic carbocycles. The SMILES string of the molecule is CCN(CC(=O)NCc1cccs1)C(=O)COc1ccc(Cl)cc1Br. The third-order valence-electron chi connectivity index (χ3n) is 3.35. The molecule has 8 heteroatoms. The first-order chi connectivity index (χ1) is 12.0. The second kappa shape index (κ2) is 9.79. The molecule has 2 aromatic rings.